The van der Waals surface area contributed by atoms with E-state index in [0.717, 1.165) is 54.7 Å². The number of para-hydroxylation sites is 3. The van der Waals surface area contributed by atoms with Gasteiger partial charge in [0.2, 0.25) is 6.33 Å². The zero-order valence-electron chi connectivity index (χ0n) is 57.2. The molecule has 1 atom stereocenters. The van der Waals surface area contributed by atoms with Crippen LogP contribution in [0.5, 0.6) is 11.5 Å². The number of benzene rings is 9. The molecule has 79 heavy (non-hydrogen) atoms. The number of pyridine rings is 1. The summed E-state index contributed by atoms with van der Waals surface area (Å²) in [4.78, 5) is 5.32. The van der Waals surface area contributed by atoms with Crippen LogP contribution in [0.4, 0.5) is 0 Å². The molecule has 6 nitrogen and oxygen atoms in total. The number of fused-ring (bicyclic) bond motifs is 5. The van der Waals surface area contributed by atoms with Crippen molar-refractivity contribution in [3.63, 3.8) is 0 Å². The van der Waals surface area contributed by atoms with Crippen molar-refractivity contribution < 1.29 is 25.8 Å². The third kappa shape index (κ3) is 8.06. The van der Waals surface area contributed by atoms with Crippen molar-refractivity contribution in [3.8, 4) is 50.9 Å². The number of hydrogen-bond donors (Lipinski definition) is 0. The van der Waals surface area contributed by atoms with E-state index in [-0.39, 0.29) is 27.7 Å². The molecule has 9 aromatic carbocycles. The fourth-order valence-corrected chi connectivity index (χ4v) is 12.0. The minimum Gasteiger partial charge on any atom is -0.458 e. The monoisotopic (exact) mass is 1040 g/mol. The van der Waals surface area contributed by atoms with Crippen LogP contribution in [0.1, 0.15) is 100 Å². The molecule has 386 valence electrons. The average Bonchev–Trinajstić information content (AvgIpc) is 1.69. The summed E-state index contributed by atoms with van der Waals surface area (Å²) in [7, 11) is 0. The summed E-state index contributed by atoms with van der Waals surface area (Å²) in [6.07, 6.45) is 3.60. The summed E-state index contributed by atoms with van der Waals surface area (Å²) >= 11 is 0. The van der Waals surface area contributed by atoms with Crippen LogP contribution >= 0.6 is 0 Å². The number of nitrogens with zero attached hydrogens (tertiary/aromatic N) is 5. The first kappa shape index (κ1) is 36.9. The second kappa shape index (κ2) is 18.0. The molecule has 0 saturated carbocycles. The van der Waals surface area contributed by atoms with Crippen molar-refractivity contribution in [1.29, 1.82) is 0 Å². The van der Waals surface area contributed by atoms with Gasteiger partial charge in [-0.2, -0.15) is 0 Å². The molecule has 12 bridgehead atoms. The molecule has 6 heteroatoms. The van der Waals surface area contributed by atoms with E-state index in [4.69, 9.17) is 17.9 Å². The lowest BCUT2D eigenvalue weighted by Crippen LogP contribution is -2.50. The zero-order valence-corrected chi connectivity index (χ0v) is 45.2. The largest absolute Gasteiger partial charge is 0.458 e. The Kier molecular flexibility index (Phi) is 8.43. The molecule has 7 heterocycles. The Morgan fingerprint density at radius 3 is 1.95 bits per heavy atom. The quantitative estimate of drug-likeness (QED) is 0.130. The van der Waals surface area contributed by atoms with Crippen molar-refractivity contribution in [2.45, 2.75) is 78.6 Å². The van der Waals surface area contributed by atoms with Crippen molar-refractivity contribution in [2.24, 2.45) is 5.41 Å². The van der Waals surface area contributed by atoms with Crippen LogP contribution < -0.4 is 9.30 Å². The van der Waals surface area contributed by atoms with Crippen LogP contribution in [0.2, 0.25) is 0 Å². The van der Waals surface area contributed by atoms with Crippen LogP contribution in [0.15, 0.2) is 218 Å². The minimum absolute atomic E-state index is 0.143. The first-order chi connectivity index (χ1) is 43.1. The molecule has 0 N–H and O–H groups in total. The van der Waals surface area contributed by atoms with Gasteiger partial charge in [0.05, 0.1) is 64.4 Å². The van der Waals surface area contributed by atoms with Crippen molar-refractivity contribution in [2.75, 3.05) is 0 Å². The fraction of sp³-hybridized carbons (Fsp3) is 0.178. The van der Waals surface area contributed by atoms with Crippen molar-refractivity contribution in [1.82, 2.24) is 18.7 Å². The predicted octanol–water partition coefficient (Wildman–Crippen LogP) is 18.2. The third-order valence-corrected chi connectivity index (χ3v) is 15.6. The molecule has 3 aliphatic heterocycles. The van der Waals surface area contributed by atoms with E-state index >= 15 is 0 Å². The van der Waals surface area contributed by atoms with Crippen molar-refractivity contribution in [3.05, 3.63) is 247 Å². The molecule has 13 aromatic rings. The summed E-state index contributed by atoms with van der Waals surface area (Å²) in [5.74, 6) is 1.54. The van der Waals surface area contributed by atoms with Gasteiger partial charge < -0.3 is 18.4 Å². The summed E-state index contributed by atoms with van der Waals surface area (Å²) in [6, 6.07) is 42.5. The van der Waals surface area contributed by atoms with E-state index in [2.05, 4.69) is 86.5 Å². The topological polar surface area (TPSA) is 40.8 Å². The number of ether oxygens (including phenoxy) is 1. The lowest BCUT2D eigenvalue weighted by Gasteiger charge is -2.37. The number of rotatable bonds is 4. The van der Waals surface area contributed by atoms with E-state index in [1.165, 1.54) is 0 Å². The summed E-state index contributed by atoms with van der Waals surface area (Å²) in [6.45, 7) is 16.3. The average molecular weight is 1040 g/mol. The van der Waals surface area contributed by atoms with Gasteiger partial charge in [0.1, 0.15) is 23.4 Å². The molecule has 0 radical (unpaired) electrons. The Morgan fingerprint density at radius 2 is 1.23 bits per heavy atom. The van der Waals surface area contributed by atoms with Gasteiger partial charge in [-0.25, -0.2) is 4.98 Å². The maximum absolute atomic E-state index is 10.2. The lowest BCUT2D eigenvalue weighted by atomic mass is 9.71. The lowest BCUT2D eigenvalue weighted by molar-refractivity contribution is -0.701. The van der Waals surface area contributed by atoms with Crippen LogP contribution in [0.25, 0.3) is 94.1 Å². The number of aromatic nitrogens is 5. The second-order valence-electron chi connectivity index (χ2n) is 23.3. The molecular formula is C73H63N5O. The van der Waals surface area contributed by atoms with E-state index in [9.17, 15) is 8.22 Å². The number of imidazole rings is 1. The molecule has 3 aliphatic rings. The summed E-state index contributed by atoms with van der Waals surface area (Å²) in [5, 5.41) is 3.64. The van der Waals surface area contributed by atoms with Crippen LogP contribution in [0, 0.1) is 11.7 Å². The van der Waals surface area contributed by atoms with Gasteiger partial charge in [0.25, 0.3) is 0 Å². The van der Waals surface area contributed by atoms with Crippen LogP contribution in [-0.2, 0) is 17.2 Å². The van der Waals surface area contributed by atoms with Gasteiger partial charge >= 0.3 is 0 Å². The Balaban J connectivity index is 1.17. The Morgan fingerprint density at radius 1 is 0.595 bits per heavy atom. The highest BCUT2D eigenvalue weighted by Gasteiger charge is 2.41. The molecule has 0 aliphatic carbocycles. The highest BCUT2D eigenvalue weighted by molar-refractivity contribution is 6.11. The van der Waals surface area contributed by atoms with Gasteiger partial charge in [-0.3, -0.25) is 4.57 Å². The first-order valence-corrected chi connectivity index (χ1v) is 26.7. The Hall–Kier alpha value is -9.00. The summed E-state index contributed by atoms with van der Waals surface area (Å²) < 4.78 is 128. The second-order valence-corrected chi connectivity index (χ2v) is 23.3. The highest BCUT2D eigenvalue weighted by atomic mass is 16.5. The van der Waals surface area contributed by atoms with Crippen LogP contribution in [-0.4, -0.2) is 18.7 Å². The summed E-state index contributed by atoms with van der Waals surface area (Å²) in [5.41, 5.74) is 5.94. The van der Waals surface area contributed by atoms with E-state index in [1.54, 1.807) is 24.4 Å². The van der Waals surface area contributed by atoms with Gasteiger partial charge in [-0.05, 0) is 117 Å². The first-order valence-electron chi connectivity index (χ1n) is 32.7. The Bertz CT molecular complexity index is 5130. The molecule has 0 amide bonds. The molecule has 0 fully saturated rings. The molecule has 4 aromatic heterocycles. The van der Waals surface area contributed by atoms with E-state index < -0.39 is 83.7 Å². The zero-order chi connectivity index (χ0) is 64.4. The third-order valence-electron chi connectivity index (χ3n) is 15.6. The molecular weight excluding hydrogens is 963 g/mol. The Labute approximate surface area is 479 Å². The minimum atomic E-state index is -1.96. The maximum Gasteiger partial charge on any atom is 0.244 e. The van der Waals surface area contributed by atoms with Gasteiger partial charge in [-0.1, -0.05) is 201 Å². The number of hydrogen-bond acceptors (Lipinski definition) is 2. The molecule has 16 rings (SSSR count). The smallest absolute Gasteiger partial charge is 0.244 e. The van der Waals surface area contributed by atoms with Crippen molar-refractivity contribution >= 4 is 54.6 Å². The normalized spacial score (nSPS) is 16.8. The van der Waals surface area contributed by atoms with Gasteiger partial charge in [0.15, 0.2) is 0 Å². The predicted molar refractivity (Wildman–Crippen MR) is 326 cm³/mol. The molecule has 0 saturated heterocycles. The van der Waals surface area contributed by atoms with E-state index in [0.29, 0.717) is 50.9 Å². The molecule has 1 unspecified atom stereocenters. The van der Waals surface area contributed by atoms with Gasteiger partial charge in [-0.15, -0.1) is 0 Å². The maximum atomic E-state index is 10.2. The SMILES string of the molecule is [2H]c1c([2H])c([2H])c(-c2cccc(-c3c([2H])c([2H])c([2H])c([2H])c3[2H])c2C2[n+]3[c-]n(c4ccccc43)-c3cccc(c3)Oc3ccc4c5ccccc5n(c4c3)-c3cc(C([2H])([2H])C(C)(C)C)c(cn3)-n3c4ccc(C(C)(C)C)cc4c4cc(ccc43)C2(C)C)c([2H])c1[2H]. The standard InChI is InChI=1S/C73H63N5O/c1-71(2,3)44-49-39-68-74-45-67(49)77-62-37-33-50(72(4,5)6)40-59(62)60-41-51(34-38-63(60)77)73(7,8)70(69-55(47-21-11-9-12-22-47)28-20-29-56(69)48-23-13-10-14-24-48)76-46-75(64-31-17-18-32-65(64)76)52-25-19-26-53(42-52)79-54-35-36-58-57-27-15-16-30-61(57)78(68)66(58)43-54/h9-43,45,70H,44H2,1-8H3/i9D,10D,11D,12D,13D,14D,21D,22D,23D,24D,44D2. The fourth-order valence-electron chi connectivity index (χ4n) is 12.0. The van der Waals surface area contributed by atoms with Gasteiger partial charge in [0, 0.05) is 41.3 Å². The molecule has 0 spiro atoms. The van der Waals surface area contributed by atoms with E-state index in [1.807, 2.05) is 127 Å². The van der Waals surface area contributed by atoms with Crippen LogP contribution in [0.3, 0.4) is 0 Å². The highest BCUT2D eigenvalue weighted by Crippen LogP contribution is 2.48.